The first kappa shape index (κ1) is 17.1. The van der Waals surface area contributed by atoms with Crippen LogP contribution in [0.15, 0.2) is 60.7 Å². The fourth-order valence-corrected chi connectivity index (χ4v) is 4.08. The maximum Gasteiger partial charge on any atom is 0.211 e. The van der Waals surface area contributed by atoms with E-state index < -0.39 is 10.0 Å². The second-order valence-corrected chi connectivity index (χ2v) is 8.21. The topological polar surface area (TPSA) is 46.6 Å². The Hall–Kier alpha value is -1.69. The summed E-state index contributed by atoms with van der Waals surface area (Å²) >= 11 is 0. The zero-order valence-electron chi connectivity index (χ0n) is 13.8. The van der Waals surface area contributed by atoms with Crippen LogP contribution in [0.2, 0.25) is 0 Å². The van der Waals surface area contributed by atoms with Gasteiger partial charge >= 0.3 is 0 Å². The van der Waals surface area contributed by atoms with E-state index in [1.54, 1.807) is 0 Å². The number of rotatable bonds is 5. The van der Waals surface area contributed by atoms with Gasteiger partial charge in [-0.1, -0.05) is 60.7 Å². The lowest BCUT2D eigenvalue weighted by Crippen LogP contribution is -2.45. The Labute approximate surface area is 144 Å². The van der Waals surface area contributed by atoms with Gasteiger partial charge in [0.25, 0.3) is 0 Å². The third-order valence-electron chi connectivity index (χ3n) is 4.47. The van der Waals surface area contributed by atoms with E-state index in [1.807, 2.05) is 36.4 Å². The predicted molar refractivity (Wildman–Crippen MR) is 95.5 cm³/mol. The Kier molecular flexibility index (Phi) is 5.33. The van der Waals surface area contributed by atoms with Crippen LogP contribution in [0.4, 0.5) is 0 Å². The lowest BCUT2D eigenvalue weighted by molar-refractivity contribution is -0.00735. The molecule has 1 fully saturated rings. The van der Waals surface area contributed by atoms with Crippen molar-refractivity contribution >= 4 is 10.0 Å². The number of hydrogen-bond acceptors (Lipinski definition) is 3. The molecule has 3 rings (SSSR count). The second kappa shape index (κ2) is 7.47. The third-order valence-corrected chi connectivity index (χ3v) is 5.74. The molecular weight excluding hydrogens is 322 g/mol. The average Bonchev–Trinajstić information content (AvgIpc) is 2.61. The van der Waals surface area contributed by atoms with Crippen molar-refractivity contribution in [1.82, 2.24) is 4.31 Å². The van der Waals surface area contributed by atoms with Crippen LogP contribution in [0.3, 0.4) is 0 Å². The van der Waals surface area contributed by atoms with Crippen LogP contribution in [0.1, 0.15) is 23.5 Å². The van der Waals surface area contributed by atoms with Crippen LogP contribution < -0.4 is 0 Å². The zero-order chi connectivity index (χ0) is 17.0. The standard InChI is InChI=1S/C19H23NO3S/c1-24(21,22)20-12-13-23-18(15-20)14-19(16-8-4-2-5-9-16)17-10-6-3-7-11-17/h2-11,18-19H,12-15H2,1H3/t18-/m0/s1. The summed E-state index contributed by atoms with van der Waals surface area (Å²) in [6.07, 6.45) is 1.93. The highest BCUT2D eigenvalue weighted by Gasteiger charge is 2.29. The number of hydrogen-bond donors (Lipinski definition) is 0. The minimum absolute atomic E-state index is 0.0983. The van der Waals surface area contributed by atoms with Gasteiger partial charge in [0.2, 0.25) is 10.0 Å². The first-order valence-electron chi connectivity index (χ1n) is 8.20. The molecule has 2 aromatic carbocycles. The lowest BCUT2D eigenvalue weighted by Gasteiger charge is -2.33. The molecule has 0 spiro atoms. The largest absolute Gasteiger partial charge is 0.375 e. The molecule has 2 aromatic rings. The Morgan fingerprint density at radius 1 is 1.04 bits per heavy atom. The Morgan fingerprint density at radius 3 is 2.08 bits per heavy atom. The second-order valence-electron chi connectivity index (χ2n) is 6.22. The molecule has 0 aliphatic carbocycles. The molecule has 24 heavy (non-hydrogen) atoms. The monoisotopic (exact) mass is 345 g/mol. The Morgan fingerprint density at radius 2 is 1.58 bits per heavy atom. The molecule has 4 nitrogen and oxygen atoms in total. The Balaban J connectivity index is 1.82. The van der Waals surface area contributed by atoms with Gasteiger partial charge in [-0.05, 0) is 17.5 Å². The van der Waals surface area contributed by atoms with E-state index in [-0.39, 0.29) is 12.0 Å². The van der Waals surface area contributed by atoms with Gasteiger partial charge in [0.15, 0.2) is 0 Å². The van der Waals surface area contributed by atoms with Gasteiger partial charge in [0.05, 0.1) is 19.0 Å². The van der Waals surface area contributed by atoms with Crippen molar-refractivity contribution in [2.45, 2.75) is 18.4 Å². The third kappa shape index (κ3) is 4.23. The average molecular weight is 345 g/mol. The highest BCUT2D eigenvalue weighted by molar-refractivity contribution is 7.88. The highest BCUT2D eigenvalue weighted by Crippen LogP contribution is 2.31. The summed E-state index contributed by atoms with van der Waals surface area (Å²) in [5, 5.41) is 0. The summed E-state index contributed by atoms with van der Waals surface area (Å²) in [6, 6.07) is 20.6. The number of morpholine rings is 1. The molecule has 0 saturated carbocycles. The van der Waals surface area contributed by atoms with Gasteiger partial charge in [0, 0.05) is 19.0 Å². The van der Waals surface area contributed by atoms with Crippen molar-refractivity contribution in [2.24, 2.45) is 0 Å². The van der Waals surface area contributed by atoms with Crippen molar-refractivity contribution in [1.29, 1.82) is 0 Å². The molecule has 1 heterocycles. The molecule has 128 valence electrons. The van der Waals surface area contributed by atoms with Gasteiger partial charge in [-0.2, -0.15) is 4.31 Å². The summed E-state index contributed by atoms with van der Waals surface area (Å²) in [6.45, 7) is 1.32. The molecule has 1 aliphatic heterocycles. The van der Waals surface area contributed by atoms with Crippen LogP contribution in [-0.4, -0.2) is 44.8 Å². The van der Waals surface area contributed by atoms with E-state index >= 15 is 0 Å². The normalized spacial score (nSPS) is 19.5. The first-order chi connectivity index (χ1) is 11.5. The van der Waals surface area contributed by atoms with Crippen LogP contribution >= 0.6 is 0 Å². The molecule has 1 saturated heterocycles. The molecule has 0 radical (unpaired) electrons. The molecule has 0 N–H and O–H groups in total. The van der Waals surface area contributed by atoms with Gasteiger partial charge in [-0.3, -0.25) is 0 Å². The van der Waals surface area contributed by atoms with Gasteiger partial charge in [0.1, 0.15) is 0 Å². The molecular formula is C19H23NO3S. The minimum Gasteiger partial charge on any atom is -0.375 e. The summed E-state index contributed by atoms with van der Waals surface area (Å²) in [7, 11) is -3.17. The molecule has 0 bridgehead atoms. The van der Waals surface area contributed by atoms with Gasteiger partial charge in [-0.15, -0.1) is 0 Å². The van der Waals surface area contributed by atoms with E-state index in [2.05, 4.69) is 24.3 Å². The molecule has 1 atom stereocenters. The number of ether oxygens (including phenoxy) is 1. The summed E-state index contributed by atoms with van der Waals surface area (Å²) in [5.41, 5.74) is 2.45. The maximum absolute atomic E-state index is 11.8. The SMILES string of the molecule is CS(=O)(=O)N1CCO[C@@H](CC(c2ccccc2)c2ccccc2)C1. The predicted octanol–water partition coefficient (Wildman–Crippen LogP) is 2.87. The maximum atomic E-state index is 11.8. The lowest BCUT2D eigenvalue weighted by atomic mass is 9.86. The van der Waals surface area contributed by atoms with E-state index in [9.17, 15) is 8.42 Å². The molecule has 5 heteroatoms. The van der Waals surface area contributed by atoms with Gasteiger partial charge < -0.3 is 4.74 Å². The number of sulfonamides is 1. The van der Waals surface area contributed by atoms with Crippen molar-refractivity contribution in [3.8, 4) is 0 Å². The molecule has 0 amide bonds. The van der Waals surface area contributed by atoms with Crippen molar-refractivity contribution in [3.63, 3.8) is 0 Å². The van der Waals surface area contributed by atoms with Crippen LogP contribution in [-0.2, 0) is 14.8 Å². The van der Waals surface area contributed by atoms with E-state index in [4.69, 9.17) is 4.74 Å². The first-order valence-corrected chi connectivity index (χ1v) is 10.1. The fourth-order valence-electron chi connectivity index (χ4n) is 3.23. The number of benzene rings is 2. The summed E-state index contributed by atoms with van der Waals surface area (Å²) < 4.78 is 31.0. The Bertz CT molecular complexity index is 707. The van der Waals surface area contributed by atoms with Crippen LogP contribution in [0.25, 0.3) is 0 Å². The highest BCUT2D eigenvalue weighted by atomic mass is 32.2. The smallest absolute Gasteiger partial charge is 0.211 e. The minimum atomic E-state index is -3.17. The van der Waals surface area contributed by atoms with E-state index in [1.165, 1.54) is 21.7 Å². The van der Waals surface area contributed by atoms with Gasteiger partial charge in [-0.25, -0.2) is 8.42 Å². The van der Waals surface area contributed by atoms with Crippen molar-refractivity contribution in [2.75, 3.05) is 26.0 Å². The quantitative estimate of drug-likeness (QED) is 0.837. The molecule has 0 aromatic heterocycles. The van der Waals surface area contributed by atoms with Crippen LogP contribution in [0, 0.1) is 0 Å². The molecule has 1 aliphatic rings. The van der Waals surface area contributed by atoms with E-state index in [0.717, 1.165) is 6.42 Å². The number of nitrogens with zero attached hydrogens (tertiary/aromatic N) is 1. The fraction of sp³-hybridized carbons (Fsp3) is 0.368. The summed E-state index contributed by atoms with van der Waals surface area (Å²) in [4.78, 5) is 0. The summed E-state index contributed by atoms with van der Waals surface area (Å²) in [5.74, 6) is 0.192. The van der Waals surface area contributed by atoms with Crippen molar-refractivity contribution < 1.29 is 13.2 Å². The molecule has 0 unspecified atom stereocenters. The zero-order valence-corrected chi connectivity index (χ0v) is 14.7. The van der Waals surface area contributed by atoms with E-state index in [0.29, 0.717) is 19.7 Å². The van der Waals surface area contributed by atoms with Crippen LogP contribution in [0.5, 0.6) is 0 Å². The van der Waals surface area contributed by atoms with Crippen molar-refractivity contribution in [3.05, 3.63) is 71.8 Å².